The third-order valence-corrected chi connectivity index (χ3v) is 4.04. The van der Waals surface area contributed by atoms with Crippen LogP contribution in [0.25, 0.3) is 0 Å². The highest BCUT2D eigenvalue weighted by molar-refractivity contribution is 7.98. The van der Waals surface area contributed by atoms with Crippen LogP contribution >= 0.6 is 11.8 Å². The highest BCUT2D eigenvalue weighted by Crippen LogP contribution is 2.22. The number of thioether (sulfide) groups is 1. The van der Waals surface area contributed by atoms with Crippen LogP contribution in [-0.2, 0) is 12.2 Å². The van der Waals surface area contributed by atoms with Crippen molar-refractivity contribution in [2.75, 3.05) is 6.54 Å². The van der Waals surface area contributed by atoms with Gasteiger partial charge in [0, 0.05) is 11.3 Å². The van der Waals surface area contributed by atoms with Gasteiger partial charge in [0.1, 0.15) is 5.82 Å². The number of halogens is 1. The number of rotatable bonds is 7. The van der Waals surface area contributed by atoms with Crippen LogP contribution in [0.3, 0.4) is 0 Å². The van der Waals surface area contributed by atoms with Crippen LogP contribution < -0.4 is 5.73 Å². The molecule has 2 aromatic rings. The lowest BCUT2D eigenvalue weighted by molar-refractivity contribution is 0.348. The summed E-state index contributed by atoms with van der Waals surface area (Å²) < 4.78 is 18.3. The minimum Gasteiger partial charge on any atom is -0.339 e. The van der Waals surface area contributed by atoms with E-state index in [4.69, 9.17) is 10.3 Å². The second kappa shape index (κ2) is 7.40. The zero-order valence-electron chi connectivity index (χ0n) is 11.4. The van der Waals surface area contributed by atoms with Crippen molar-refractivity contribution in [2.45, 2.75) is 30.4 Å². The Balaban J connectivity index is 1.89. The van der Waals surface area contributed by atoms with Crippen LogP contribution in [-0.4, -0.2) is 16.7 Å². The molecule has 1 unspecified atom stereocenters. The van der Waals surface area contributed by atoms with Crippen molar-refractivity contribution in [1.29, 1.82) is 0 Å². The quantitative estimate of drug-likeness (QED) is 0.795. The Morgan fingerprint density at radius 1 is 1.45 bits per heavy atom. The number of nitrogens with two attached hydrogens (primary N) is 1. The van der Waals surface area contributed by atoms with Gasteiger partial charge in [-0.15, -0.1) is 11.8 Å². The highest BCUT2D eigenvalue weighted by atomic mass is 32.2. The normalized spacial score (nSPS) is 12.6. The fourth-order valence-electron chi connectivity index (χ4n) is 1.78. The summed E-state index contributed by atoms with van der Waals surface area (Å²) in [5.41, 5.74) is 5.66. The number of benzene rings is 1. The molecular formula is C14H18FN3OS. The highest BCUT2D eigenvalue weighted by Gasteiger charge is 2.12. The second-order valence-electron chi connectivity index (χ2n) is 4.56. The van der Waals surface area contributed by atoms with Crippen molar-refractivity contribution in [3.05, 3.63) is 41.8 Å². The Morgan fingerprint density at radius 2 is 2.30 bits per heavy atom. The van der Waals surface area contributed by atoms with E-state index in [2.05, 4.69) is 17.1 Å². The van der Waals surface area contributed by atoms with E-state index in [9.17, 15) is 4.39 Å². The predicted molar refractivity (Wildman–Crippen MR) is 76.8 cm³/mol. The number of nitrogens with zero attached hydrogens (tertiary/aromatic N) is 2. The molecule has 0 amide bonds. The van der Waals surface area contributed by atoms with Gasteiger partial charge in [-0.3, -0.25) is 0 Å². The lowest BCUT2D eigenvalue weighted by atomic mass is 10.0. The molecule has 108 valence electrons. The molecule has 0 aliphatic rings. The fraction of sp³-hybridized carbons (Fsp3) is 0.429. The van der Waals surface area contributed by atoms with E-state index in [1.54, 1.807) is 6.07 Å². The third-order valence-electron chi connectivity index (χ3n) is 3.05. The van der Waals surface area contributed by atoms with Crippen molar-refractivity contribution in [1.82, 2.24) is 10.1 Å². The van der Waals surface area contributed by atoms with Gasteiger partial charge < -0.3 is 10.3 Å². The van der Waals surface area contributed by atoms with Crippen LogP contribution in [0.2, 0.25) is 0 Å². The Labute approximate surface area is 121 Å². The molecule has 0 aliphatic carbocycles. The van der Waals surface area contributed by atoms with Gasteiger partial charge in [0.15, 0.2) is 5.82 Å². The minimum atomic E-state index is -0.238. The summed E-state index contributed by atoms with van der Waals surface area (Å²) in [5, 5.41) is 3.93. The van der Waals surface area contributed by atoms with Crippen LogP contribution in [0.5, 0.6) is 0 Å². The maximum atomic E-state index is 13.0. The van der Waals surface area contributed by atoms with Crippen molar-refractivity contribution in [3.8, 4) is 0 Å². The Kier molecular flexibility index (Phi) is 5.55. The molecule has 0 saturated carbocycles. The molecule has 1 aromatic carbocycles. The molecule has 1 aromatic heterocycles. The van der Waals surface area contributed by atoms with Crippen molar-refractivity contribution < 1.29 is 8.91 Å². The van der Waals surface area contributed by atoms with Gasteiger partial charge >= 0.3 is 0 Å². The van der Waals surface area contributed by atoms with Crippen molar-refractivity contribution in [3.63, 3.8) is 0 Å². The van der Waals surface area contributed by atoms with Crippen molar-refractivity contribution in [2.24, 2.45) is 11.7 Å². The van der Waals surface area contributed by atoms with Crippen molar-refractivity contribution >= 4 is 11.8 Å². The summed E-state index contributed by atoms with van der Waals surface area (Å²) in [6.07, 6.45) is 1.71. The largest absolute Gasteiger partial charge is 0.339 e. The first kappa shape index (κ1) is 15.0. The molecule has 0 spiro atoms. The summed E-state index contributed by atoms with van der Waals surface area (Å²) in [4.78, 5) is 5.19. The van der Waals surface area contributed by atoms with Crippen LogP contribution in [0, 0.1) is 11.7 Å². The predicted octanol–water partition coefficient (Wildman–Crippen LogP) is 3.03. The summed E-state index contributed by atoms with van der Waals surface area (Å²) in [5.74, 6) is 1.95. The topological polar surface area (TPSA) is 64.9 Å². The lowest BCUT2D eigenvalue weighted by Crippen LogP contribution is -2.16. The summed E-state index contributed by atoms with van der Waals surface area (Å²) in [6, 6.07) is 6.46. The first-order chi connectivity index (χ1) is 9.71. The molecule has 2 rings (SSSR count). The summed E-state index contributed by atoms with van der Waals surface area (Å²) in [7, 11) is 0. The van der Waals surface area contributed by atoms with Gasteiger partial charge in [-0.1, -0.05) is 24.6 Å². The maximum Gasteiger partial charge on any atom is 0.226 e. The zero-order chi connectivity index (χ0) is 14.4. The van der Waals surface area contributed by atoms with E-state index in [1.165, 1.54) is 23.9 Å². The van der Waals surface area contributed by atoms with E-state index < -0.39 is 0 Å². The van der Waals surface area contributed by atoms with Gasteiger partial charge in [-0.2, -0.15) is 4.98 Å². The average Bonchev–Trinajstić information content (AvgIpc) is 2.90. The van der Waals surface area contributed by atoms with E-state index in [0.717, 1.165) is 11.3 Å². The molecule has 0 bridgehead atoms. The van der Waals surface area contributed by atoms with E-state index in [-0.39, 0.29) is 5.82 Å². The summed E-state index contributed by atoms with van der Waals surface area (Å²) in [6.45, 7) is 2.71. The van der Waals surface area contributed by atoms with Crippen LogP contribution in [0.15, 0.2) is 33.7 Å². The molecule has 0 saturated heterocycles. The van der Waals surface area contributed by atoms with Crippen LogP contribution in [0.4, 0.5) is 4.39 Å². The zero-order valence-corrected chi connectivity index (χ0v) is 12.2. The molecule has 4 nitrogen and oxygen atoms in total. The second-order valence-corrected chi connectivity index (χ2v) is 5.61. The molecule has 0 radical (unpaired) electrons. The minimum absolute atomic E-state index is 0.238. The Hall–Kier alpha value is -1.40. The smallest absolute Gasteiger partial charge is 0.226 e. The standard InChI is InChI=1S/C14H18FN3OS/c1-2-10(8-16)6-14-17-13(18-19-14)9-20-12-5-3-4-11(15)7-12/h3-5,7,10H,2,6,8-9,16H2,1H3. The monoisotopic (exact) mass is 295 g/mol. The Morgan fingerprint density at radius 3 is 3.00 bits per heavy atom. The molecule has 0 aliphatic heterocycles. The van der Waals surface area contributed by atoms with Gasteiger partial charge in [0.25, 0.3) is 0 Å². The number of hydrogen-bond donors (Lipinski definition) is 1. The molecule has 6 heteroatoms. The average molecular weight is 295 g/mol. The molecule has 2 N–H and O–H groups in total. The van der Waals surface area contributed by atoms with E-state index in [0.29, 0.717) is 36.4 Å². The maximum absolute atomic E-state index is 13.0. The molecular weight excluding hydrogens is 277 g/mol. The summed E-state index contributed by atoms with van der Waals surface area (Å²) >= 11 is 1.48. The van der Waals surface area contributed by atoms with Gasteiger partial charge in [-0.05, 0) is 30.7 Å². The van der Waals surface area contributed by atoms with E-state index in [1.807, 2.05) is 6.07 Å². The van der Waals surface area contributed by atoms with Gasteiger partial charge in [-0.25, -0.2) is 4.39 Å². The van der Waals surface area contributed by atoms with E-state index >= 15 is 0 Å². The lowest BCUT2D eigenvalue weighted by Gasteiger charge is -2.07. The molecule has 20 heavy (non-hydrogen) atoms. The Bertz CT molecular complexity index is 543. The fourth-order valence-corrected chi connectivity index (χ4v) is 2.56. The number of aromatic nitrogens is 2. The van der Waals surface area contributed by atoms with Gasteiger partial charge in [0.2, 0.25) is 5.89 Å². The van der Waals surface area contributed by atoms with Crippen LogP contribution in [0.1, 0.15) is 25.1 Å². The number of hydrogen-bond acceptors (Lipinski definition) is 5. The molecule has 1 atom stereocenters. The molecule has 0 fully saturated rings. The first-order valence-corrected chi connectivity index (χ1v) is 7.59. The third kappa shape index (κ3) is 4.31. The van der Waals surface area contributed by atoms with Gasteiger partial charge in [0.05, 0.1) is 5.75 Å². The first-order valence-electron chi connectivity index (χ1n) is 6.61. The SMILES string of the molecule is CCC(CN)Cc1nc(CSc2cccc(F)c2)no1. The molecule has 1 heterocycles.